The molecule has 0 fully saturated rings. The fourth-order valence-electron chi connectivity index (χ4n) is 1.85. The van der Waals surface area contributed by atoms with E-state index in [1.165, 1.54) is 6.07 Å². The molecule has 7 heteroatoms. The Hall–Kier alpha value is -2.47. The first-order chi connectivity index (χ1) is 9.97. The molecule has 0 saturated heterocycles. The van der Waals surface area contributed by atoms with Crippen molar-refractivity contribution in [3.63, 3.8) is 0 Å². The monoisotopic (exact) mass is 305 g/mol. The van der Waals surface area contributed by atoms with Crippen molar-refractivity contribution in [1.82, 2.24) is 4.98 Å². The van der Waals surface area contributed by atoms with E-state index in [1.807, 2.05) is 6.92 Å². The van der Waals surface area contributed by atoms with E-state index in [4.69, 9.17) is 11.6 Å². The van der Waals surface area contributed by atoms with Gasteiger partial charge in [0, 0.05) is 17.8 Å². The summed E-state index contributed by atoms with van der Waals surface area (Å²) in [6.45, 7) is 1.82. The van der Waals surface area contributed by atoms with Gasteiger partial charge in [-0.1, -0.05) is 29.8 Å². The molecular formula is C14H12ClN3O3. The van der Waals surface area contributed by atoms with Gasteiger partial charge in [-0.25, -0.2) is 4.98 Å². The number of aromatic nitrogens is 1. The summed E-state index contributed by atoms with van der Waals surface area (Å²) in [5.41, 5.74) is 1.50. The molecule has 1 amide bonds. The predicted octanol–water partition coefficient (Wildman–Crippen LogP) is 3.13. The molecule has 0 saturated carbocycles. The second-order valence-corrected chi connectivity index (χ2v) is 4.82. The van der Waals surface area contributed by atoms with Crippen molar-refractivity contribution < 1.29 is 9.72 Å². The fraction of sp³-hybridized carbons (Fsp3) is 0.143. The third-order valence-electron chi connectivity index (χ3n) is 2.79. The zero-order valence-corrected chi connectivity index (χ0v) is 11.9. The van der Waals surface area contributed by atoms with Crippen LogP contribution in [0.25, 0.3) is 0 Å². The first-order valence-electron chi connectivity index (χ1n) is 6.11. The average molecular weight is 306 g/mol. The number of nitro groups is 1. The Morgan fingerprint density at radius 1 is 1.43 bits per heavy atom. The lowest BCUT2D eigenvalue weighted by Gasteiger charge is -2.07. The summed E-state index contributed by atoms with van der Waals surface area (Å²) in [5, 5.41) is 13.7. The first-order valence-corrected chi connectivity index (χ1v) is 6.49. The Labute approximate surface area is 125 Å². The van der Waals surface area contributed by atoms with E-state index in [0.29, 0.717) is 11.3 Å². The standard InChI is InChI=1S/C14H12ClN3O3/c1-9-6-11(14(15)16-8-9)17-13(19)7-10-4-2-3-5-12(10)18(20)21/h2-6,8H,7H2,1H3,(H,17,19). The maximum atomic E-state index is 12.0. The first kappa shape index (κ1) is 14.9. The lowest BCUT2D eigenvalue weighted by atomic mass is 10.1. The van der Waals surface area contributed by atoms with Crippen molar-refractivity contribution in [2.45, 2.75) is 13.3 Å². The van der Waals surface area contributed by atoms with Crippen molar-refractivity contribution >= 4 is 28.9 Å². The van der Waals surface area contributed by atoms with Crippen molar-refractivity contribution in [1.29, 1.82) is 0 Å². The minimum atomic E-state index is -0.510. The number of hydrogen-bond donors (Lipinski definition) is 1. The van der Waals surface area contributed by atoms with E-state index < -0.39 is 10.8 Å². The molecule has 0 aliphatic heterocycles. The third-order valence-corrected chi connectivity index (χ3v) is 3.09. The van der Waals surface area contributed by atoms with E-state index in [9.17, 15) is 14.9 Å². The topological polar surface area (TPSA) is 85.1 Å². The molecule has 6 nitrogen and oxygen atoms in total. The second-order valence-electron chi connectivity index (χ2n) is 4.46. The van der Waals surface area contributed by atoms with E-state index in [-0.39, 0.29) is 17.3 Å². The molecule has 0 spiro atoms. The highest BCUT2D eigenvalue weighted by Gasteiger charge is 2.16. The minimum Gasteiger partial charge on any atom is -0.323 e. The SMILES string of the molecule is Cc1cnc(Cl)c(NC(=O)Cc2ccccc2[N+](=O)[O-])c1. The Morgan fingerprint density at radius 3 is 2.86 bits per heavy atom. The lowest BCUT2D eigenvalue weighted by Crippen LogP contribution is -2.15. The summed E-state index contributed by atoms with van der Waals surface area (Å²) in [6.07, 6.45) is 1.47. The Morgan fingerprint density at radius 2 is 2.14 bits per heavy atom. The lowest BCUT2D eigenvalue weighted by molar-refractivity contribution is -0.385. The molecule has 1 heterocycles. The Bertz CT molecular complexity index is 704. The van der Waals surface area contributed by atoms with Crippen LogP contribution in [0, 0.1) is 17.0 Å². The van der Waals surface area contributed by atoms with Gasteiger partial charge in [-0.3, -0.25) is 14.9 Å². The van der Waals surface area contributed by atoms with Gasteiger partial charge in [-0.05, 0) is 18.6 Å². The van der Waals surface area contributed by atoms with Crippen LogP contribution in [-0.4, -0.2) is 15.8 Å². The summed E-state index contributed by atoms with van der Waals surface area (Å²) in [5.74, 6) is -0.390. The summed E-state index contributed by atoms with van der Waals surface area (Å²) in [4.78, 5) is 26.3. The van der Waals surface area contributed by atoms with Crippen molar-refractivity contribution in [2.75, 3.05) is 5.32 Å². The molecule has 108 valence electrons. The Balaban J connectivity index is 2.16. The van der Waals surface area contributed by atoms with Crippen LogP contribution >= 0.6 is 11.6 Å². The summed E-state index contributed by atoms with van der Waals surface area (Å²) in [6, 6.07) is 7.81. The summed E-state index contributed by atoms with van der Waals surface area (Å²) in [7, 11) is 0. The van der Waals surface area contributed by atoms with Crippen LogP contribution in [0.1, 0.15) is 11.1 Å². The van der Waals surface area contributed by atoms with E-state index in [2.05, 4.69) is 10.3 Å². The number of anilines is 1. The number of para-hydroxylation sites is 1. The number of hydrogen-bond acceptors (Lipinski definition) is 4. The minimum absolute atomic E-state index is 0.0823. The number of pyridine rings is 1. The van der Waals surface area contributed by atoms with E-state index >= 15 is 0 Å². The smallest absolute Gasteiger partial charge is 0.273 e. The van der Waals surface area contributed by atoms with Crippen molar-refractivity contribution in [3.05, 3.63) is 62.9 Å². The number of nitrogens with zero attached hydrogens (tertiary/aromatic N) is 2. The van der Waals surface area contributed by atoms with Crippen LogP contribution in [0.3, 0.4) is 0 Å². The van der Waals surface area contributed by atoms with Crippen molar-refractivity contribution in [2.24, 2.45) is 0 Å². The average Bonchev–Trinajstić information content (AvgIpc) is 2.43. The van der Waals surface area contributed by atoms with Gasteiger partial charge in [0.1, 0.15) is 0 Å². The van der Waals surface area contributed by atoms with Gasteiger partial charge in [0.25, 0.3) is 5.69 Å². The molecule has 2 rings (SSSR count). The van der Waals surface area contributed by atoms with Crippen LogP contribution in [0.5, 0.6) is 0 Å². The number of nitrogens with one attached hydrogen (secondary N) is 1. The summed E-state index contributed by atoms with van der Waals surface area (Å²) >= 11 is 5.89. The number of aryl methyl sites for hydroxylation is 1. The number of carbonyl (C=O) groups is 1. The van der Waals surface area contributed by atoms with Gasteiger partial charge in [0.15, 0.2) is 5.15 Å². The van der Waals surface area contributed by atoms with Crippen LogP contribution in [0.4, 0.5) is 11.4 Å². The number of carbonyl (C=O) groups excluding carboxylic acids is 1. The van der Waals surface area contributed by atoms with Crippen LogP contribution in [0.2, 0.25) is 5.15 Å². The normalized spacial score (nSPS) is 10.2. The van der Waals surface area contributed by atoms with Gasteiger partial charge in [0.05, 0.1) is 17.0 Å². The highest BCUT2D eigenvalue weighted by molar-refractivity contribution is 6.32. The zero-order valence-electron chi connectivity index (χ0n) is 11.2. The van der Waals surface area contributed by atoms with Gasteiger partial charge in [-0.15, -0.1) is 0 Å². The molecule has 0 unspecified atom stereocenters. The maximum absolute atomic E-state index is 12.0. The van der Waals surface area contributed by atoms with Gasteiger partial charge in [0.2, 0.25) is 5.91 Å². The number of rotatable bonds is 4. The number of nitro benzene ring substituents is 1. The van der Waals surface area contributed by atoms with Gasteiger partial charge in [-0.2, -0.15) is 0 Å². The van der Waals surface area contributed by atoms with Crippen LogP contribution < -0.4 is 5.32 Å². The quantitative estimate of drug-likeness (QED) is 0.534. The molecule has 0 atom stereocenters. The molecule has 21 heavy (non-hydrogen) atoms. The van der Waals surface area contributed by atoms with Gasteiger partial charge < -0.3 is 5.32 Å². The van der Waals surface area contributed by atoms with Gasteiger partial charge >= 0.3 is 0 Å². The second kappa shape index (κ2) is 6.32. The molecule has 1 N–H and O–H groups in total. The molecule has 0 bridgehead atoms. The maximum Gasteiger partial charge on any atom is 0.273 e. The number of halogens is 1. The molecular weight excluding hydrogens is 294 g/mol. The predicted molar refractivity (Wildman–Crippen MR) is 79.4 cm³/mol. The Kier molecular flexibility index (Phi) is 4.49. The zero-order chi connectivity index (χ0) is 15.4. The molecule has 0 radical (unpaired) electrons. The fourth-order valence-corrected chi connectivity index (χ4v) is 2.00. The molecule has 2 aromatic rings. The molecule has 1 aromatic heterocycles. The van der Waals surface area contributed by atoms with E-state index in [1.54, 1.807) is 30.5 Å². The summed E-state index contributed by atoms with van der Waals surface area (Å²) < 4.78 is 0. The van der Waals surface area contributed by atoms with E-state index in [0.717, 1.165) is 5.56 Å². The number of amides is 1. The molecule has 0 aliphatic rings. The molecule has 1 aromatic carbocycles. The number of benzene rings is 1. The third kappa shape index (κ3) is 3.76. The van der Waals surface area contributed by atoms with Crippen LogP contribution in [-0.2, 0) is 11.2 Å². The van der Waals surface area contributed by atoms with Crippen molar-refractivity contribution in [3.8, 4) is 0 Å². The molecule has 0 aliphatic carbocycles. The highest BCUT2D eigenvalue weighted by Crippen LogP contribution is 2.22. The largest absolute Gasteiger partial charge is 0.323 e. The van der Waals surface area contributed by atoms with Crippen LogP contribution in [0.15, 0.2) is 36.5 Å². The highest BCUT2D eigenvalue weighted by atomic mass is 35.5.